The van der Waals surface area contributed by atoms with Crippen molar-refractivity contribution in [2.45, 2.75) is 184 Å². The molecule has 112 heavy (non-hydrogen) atoms. The van der Waals surface area contributed by atoms with Crippen molar-refractivity contribution in [3.8, 4) is 41.3 Å². The maximum atomic E-state index is 13.4. The van der Waals surface area contributed by atoms with E-state index in [0.717, 1.165) is 83.1 Å². The monoisotopic (exact) mass is 1740 g/mol. The number of carbonyl (C=O) groups is 5. The molecule has 39 heteroatoms. The second-order valence-electron chi connectivity index (χ2n) is 27.2. The number of nitrogens with two attached hydrogens (primary N) is 1. The molecule has 13 rings (SSSR count). The second kappa shape index (κ2) is 41.6. The summed E-state index contributed by atoms with van der Waals surface area (Å²) < 4.78 is 50.3. The summed E-state index contributed by atoms with van der Waals surface area (Å²) in [5.74, 6) is -2.69. The van der Waals surface area contributed by atoms with Crippen molar-refractivity contribution in [2.24, 2.45) is 0 Å². The molecule has 597 valence electrons. The van der Waals surface area contributed by atoms with Crippen molar-refractivity contribution >= 4 is 87.7 Å². The number of hydrogen-bond donors (Lipinski definition) is 5. The largest absolute Gasteiger partial charge is 0.481 e. The summed E-state index contributed by atoms with van der Waals surface area (Å²) in [4.78, 5) is 60.7. The van der Waals surface area contributed by atoms with Crippen LogP contribution in [0.3, 0.4) is 0 Å². The van der Waals surface area contributed by atoms with Crippen molar-refractivity contribution < 1.29 is 69.5 Å². The van der Waals surface area contributed by atoms with Crippen LogP contribution in [0, 0.1) is 65.9 Å². The maximum absolute atomic E-state index is 13.4. The van der Waals surface area contributed by atoms with Crippen LogP contribution in [-0.4, -0.2) is 165 Å². The van der Waals surface area contributed by atoms with Crippen LogP contribution in [0.2, 0.25) is 10.0 Å². The number of amides is 3. The van der Waals surface area contributed by atoms with Crippen LogP contribution in [-0.2, 0) is 99.7 Å². The number of nitrogens with zero attached hydrogens (tertiary/aromatic N) is 21. The van der Waals surface area contributed by atoms with Gasteiger partial charge < -0.3 is 41.0 Å². The molecule has 0 bridgehead atoms. The molecule has 0 saturated carbocycles. The average molecular weight is 1740 g/mol. The van der Waals surface area contributed by atoms with E-state index in [2.05, 4.69) is 82.7 Å². The first-order chi connectivity index (χ1) is 52.3. The molecule has 4 aliphatic heterocycles. The van der Waals surface area contributed by atoms with Gasteiger partial charge in [-0.15, -0.1) is 0 Å². The standard InChI is InChI=1S/C19H16ClFN6O.C16H20N6O2.C12H18IN3O2.C11H12N6.C6H5ClFN.C5H6N2.2C2H4O2.Cu/c1-12-9-26-18(17(8-24-26)27-10-14(6-22)7-23-27)11-25(12)19(28)5-13-2-3-16(21)15(20)4-13;1-11-8-21-14(10-20(11)15(23)24-16(2,3)4)13(7-19-21)22-9-12(5-17)6-18-22;1-8-6-16-10(9(13)5-14-16)7-15(8)11(17)18-12(2,3)4;1-8-6-16-10(4-13-8)11(5-15-16)17-7-9(2-12)3-14-17;7-5-3-4(9)1-2-6(5)8;1-2-5(3-6)4-7;2*1-2(3)4;/h2-4,7-8,10,12H,5,9,11H2,1H3;6-7,9,11H,8,10H2,1-4H3;5,8H,6-7H2,1-4H3;3,5,7-8,13H,4,6H2,1H3;1-3H,9H2;2-3,6H,1H3;2*1H3,(H,3,4);/b;;;;;5-2+,6-3?;;;. The Bertz CT molecular complexity index is 4960. The number of halogens is 5. The fraction of sp³-hybridized carbons (Fsp3) is 0.384. The van der Waals surface area contributed by atoms with Gasteiger partial charge in [0.15, 0.2) is 0 Å². The number of allylic oxidation sites excluding steroid dienone is 2. The number of aromatic nitrogens is 14. The number of hydrogen-bond acceptors (Lipinski definition) is 21. The van der Waals surface area contributed by atoms with Crippen molar-refractivity contribution in [2.75, 3.05) is 5.73 Å². The zero-order valence-electron chi connectivity index (χ0n) is 63.5. The Morgan fingerprint density at radius 1 is 0.607 bits per heavy atom. The first-order valence-corrected chi connectivity index (χ1v) is 36.0. The van der Waals surface area contributed by atoms with Crippen LogP contribution in [0.1, 0.15) is 135 Å². The summed E-state index contributed by atoms with van der Waals surface area (Å²) >= 11 is 13.4. The van der Waals surface area contributed by atoms with Crippen LogP contribution in [0.4, 0.5) is 24.1 Å². The minimum Gasteiger partial charge on any atom is -0.481 e. The number of aliphatic carboxylic acids is 2. The third-order valence-electron chi connectivity index (χ3n) is 15.9. The molecular formula is C73H85Cl2CuF2IN24O9. The number of ether oxygens (including phenoxy) is 2. The van der Waals surface area contributed by atoms with E-state index in [9.17, 15) is 23.2 Å². The molecule has 4 atom stereocenters. The molecule has 0 aliphatic carbocycles. The Kier molecular flexibility index (Phi) is 33.9. The van der Waals surface area contributed by atoms with Crippen LogP contribution in [0.15, 0.2) is 110 Å². The normalized spacial score (nSPS) is 15.5. The first-order valence-electron chi connectivity index (χ1n) is 34.1. The number of fused-ring (bicyclic) bond motifs is 4. The minimum absolute atomic E-state index is 0. The molecule has 0 saturated heterocycles. The van der Waals surface area contributed by atoms with Gasteiger partial charge in [-0.05, 0) is 135 Å². The second-order valence-corrected chi connectivity index (χ2v) is 29.1. The van der Waals surface area contributed by atoms with E-state index in [4.69, 9.17) is 84.7 Å². The van der Waals surface area contributed by atoms with E-state index in [1.807, 2.05) is 99.4 Å². The van der Waals surface area contributed by atoms with Gasteiger partial charge in [-0.3, -0.25) is 42.9 Å². The fourth-order valence-corrected chi connectivity index (χ4v) is 11.6. The quantitative estimate of drug-likeness (QED) is 0.0339. The molecule has 4 unspecified atom stereocenters. The molecular weight excluding hydrogens is 1660 g/mol. The third-order valence-corrected chi connectivity index (χ3v) is 17.4. The van der Waals surface area contributed by atoms with Gasteiger partial charge in [-0.25, -0.2) is 32.4 Å². The van der Waals surface area contributed by atoms with Gasteiger partial charge in [0.2, 0.25) is 5.91 Å². The summed E-state index contributed by atoms with van der Waals surface area (Å²) in [5.41, 5.74) is 13.6. The van der Waals surface area contributed by atoms with E-state index < -0.39 is 34.8 Å². The number of nitrogens with one attached hydrogen (secondary N) is 2. The Hall–Kier alpha value is -11.3. The number of nitriles is 4. The molecule has 0 fully saturated rings. The molecule has 0 spiro atoms. The number of benzene rings is 2. The van der Waals surface area contributed by atoms with Crippen molar-refractivity contribution in [3.05, 3.63) is 180 Å². The molecule has 9 aromatic rings. The topological polar surface area (TPSA) is 436 Å². The predicted octanol–water partition coefficient (Wildman–Crippen LogP) is 11.2. The molecule has 6 N–H and O–H groups in total. The number of carboxylic acid groups (broad SMARTS) is 2. The summed E-state index contributed by atoms with van der Waals surface area (Å²) in [7, 11) is 0. The molecule has 7 aromatic heterocycles. The van der Waals surface area contributed by atoms with Crippen molar-refractivity contribution in [1.82, 2.24) is 88.5 Å². The molecule has 2 aromatic carbocycles. The predicted molar refractivity (Wildman–Crippen MR) is 412 cm³/mol. The summed E-state index contributed by atoms with van der Waals surface area (Å²) in [6, 6.07) is 16.8. The van der Waals surface area contributed by atoms with Crippen molar-refractivity contribution in [3.63, 3.8) is 0 Å². The summed E-state index contributed by atoms with van der Waals surface area (Å²) in [6.45, 7) is 28.0. The van der Waals surface area contributed by atoms with Gasteiger partial charge in [0.25, 0.3) is 11.9 Å². The van der Waals surface area contributed by atoms with Gasteiger partial charge >= 0.3 is 12.2 Å². The molecule has 11 heterocycles. The molecule has 1 radical (unpaired) electrons. The smallest absolute Gasteiger partial charge is 0.410 e. The fourth-order valence-electron chi connectivity index (χ4n) is 10.7. The molecule has 3 amide bonds. The van der Waals surface area contributed by atoms with E-state index in [0.29, 0.717) is 72.3 Å². The van der Waals surface area contributed by atoms with Gasteiger partial charge in [0, 0.05) is 80.0 Å². The van der Waals surface area contributed by atoms with E-state index in [-0.39, 0.29) is 69.8 Å². The van der Waals surface area contributed by atoms with Gasteiger partial charge in [-0.1, -0.05) is 35.3 Å². The van der Waals surface area contributed by atoms with Gasteiger partial charge in [0.1, 0.15) is 64.2 Å². The van der Waals surface area contributed by atoms with Crippen LogP contribution >= 0.6 is 45.8 Å². The van der Waals surface area contributed by atoms with Crippen LogP contribution in [0.25, 0.3) is 17.1 Å². The van der Waals surface area contributed by atoms with E-state index in [1.54, 1.807) is 91.2 Å². The third kappa shape index (κ3) is 26.4. The van der Waals surface area contributed by atoms with Crippen LogP contribution < -0.4 is 11.1 Å². The first kappa shape index (κ1) is 91.3. The number of rotatable bonds is 6. The summed E-state index contributed by atoms with van der Waals surface area (Å²) in [6.07, 6.45) is 18.7. The number of anilines is 1. The number of carboxylic acids is 2. The Morgan fingerprint density at radius 3 is 1.35 bits per heavy atom. The molecule has 4 aliphatic rings. The average Bonchev–Trinajstić information content (AvgIpc) is 1.66. The van der Waals surface area contributed by atoms with Crippen LogP contribution in [0.5, 0.6) is 0 Å². The zero-order valence-corrected chi connectivity index (χ0v) is 68.1. The maximum Gasteiger partial charge on any atom is 0.410 e. The SMILES string of the molecule is C/C=C(/C#N)C=N.CC(=O)O.CC(=O)O.CC1Cn2ncc(-n3cc(C#N)cn3)c2CN1.CC1Cn2ncc(-n3cc(C#N)cn3)c2CN1C(=O)Cc1ccc(F)c(Cl)c1.CC1Cn2ncc(-n3cc(C#N)cn3)c2CN1C(=O)OC(C)(C)C.CC1Cn2ncc(I)c2CN1C(=O)OC(C)(C)C.Nc1ccc(F)c(Cl)c1.[Cu]. The Morgan fingerprint density at radius 2 is 0.982 bits per heavy atom. The number of carbonyl (C=O) groups excluding carboxylic acids is 3. The summed E-state index contributed by atoms with van der Waals surface area (Å²) in [5, 5.41) is 89.6. The van der Waals surface area contributed by atoms with Gasteiger partial charge in [-0.2, -0.15) is 56.7 Å². The van der Waals surface area contributed by atoms with Gasteiger partial charge in [0.05, 0.1) is 166 Å². The minimum atomic E-state index is -0.833. The van der Waals surface area contributed by atoms with Crippen molar-refractivity contribution in [1.29, 1.82) is 26.5 Å². The Labute approximate surface area is 679 Å². The van der Waals surface area contributed by atoms with E-state index >= 15 is 0 Å². The van der Waals surface area contributed by atoms with E-state index in [1.165, 1.54) is 42.7 Å². The Balaban J connectivity index is 0.000000245. The molecule has 33 nitrogen and oxygen atoms in total. The number of nitrogen functional groups attached to an aromatic ring is 1. The zero-order chi connectivity index (χ0) is 82.4.